The van der Waals surface area contributed by atoms with Crippen LogP contribution >= 0.6 is 12.2 Å². The number of aryl methyl sites for hydroxylation is 2. The summed E-state index contributed by atoms with van der Waals surface area (Å²) in [5.74, 6) is 0. The van der Waals surface area contributed by atoms with Gasteiger partial charge in [0.05, 0.1) is 12.6 Å². The van der Waals surface area contributed by atoms with Gasteiger partial charge in [0, 0.05) is 37.3 Å². The number of pyridine rings is 1. The zero-order valence-corrected chi connectivity index (χ0v) is 20.1. The third-order valence-corrected chi connectivity index (χ3v) is 6.67. The van der Waals surface area contributed by atoms with Gasteiger partial charge in [-0.1, -0.05) is 13.8 Å². The number of benzene rings is 1. The minimum absolute atomic E-state index is 0.0504. The highest BCUT2D eigenvalue weighted by Gasteiger charge is 2.19. The summed E-state index contributed by atoms with van der Waals surface area (Å²) in [4.78, 5) is 20.4. The summed E-state index contributed by atoms with van der Waals surface area (Å²) in [5.41, 5.74) is 3.96. The highest BCUT2D eigenvalue weighted by atomic mass is 32.1. The molecule has 1 aromatic heterocycles. The van der Waals surface area contributed by atoms with Crippen LogP contribution < -0.4 is 10.9 Å². The lowest BCUT2D eigenvalue weighted by Gasteiger charge is -2.29. The van der Waals surface area contributed by atoms with Gasteiger partial charge in [-0.25, -0.2) is 0 Å². The second-order valence-corrected chi connectivity index (χ2v) is 8.80. The van der Waals surface area contributed by atoms with Gasteiger partial charge >= 0.3 is 0 Å². The number of H-pyrrole nitrogens is 1. The number of ether oxygens (including phenoxy) is 1. The minimum Gasteiger partial charge on any atom is -0.376 e. The molecule has 0 amide bonds. The SMILES string of the molecule is CCN(CC)CCN(Cc1cc2cc(C)c(C)cc2[nH]c1=O)C(=S)NCC1CCCO1. The van der Waals surface area contributed by atoms with Crippen LogP contribution in [0.15, 0.2) is 23.0 Å². The van der Waals surface area contributed by atoms with Crippen molar-refractivity contribution in [2.45, 2.75) is 53.2 Å². The molecule has 7 heteroatoms. The fraction of sp³-hybridized carbons (Fsp3) is 0.583. The standard InChI is InChI=1S/C24H36N4O2S/c1-5-27(6-2)9-10-28(24(31)25-15-21-8-7-11-30-21)16-20-14-19-12-17(3)18(4)13-22(19)26-23(20)29/h12-14,21H,5-11,15-16H2,1-4H3,(H,25,31)(H,26,29). The van der Waals surface area contributed by atoms with E-state index in [1.54, 1.807) is 0 Å². The van der Waals surface area contributed by atoms with Crippen molar-refractivity contribution in [3.8, 4) is 0 Å². The molecule has 2 aromatic rings. The maximum atomic E-state index is 12.8. The first-order chi connectivity index (χ1) is 14.9. The first-order valence-corrected chi connectivity index (χ1v) is 11.8. The van der Waals surface area contributed by atoms with Gasteiger partial charge in [-0.05, 0) is 86.7 Å². The second kappa shape index (κ2) is 11.1. The van der Waals surface area contributed by atoms with E-state index in [4.69, 9.17) is 17.0 Å². The summed E-state index contributed by atoms with van der Waals surface area (Å²) < 4.78 is 5.72. The van der Waals surface area contributed by atoms with Gasteiger partial charge in [-0.3, -0.25) is 4.79 Å². The molecule has 1 fully saturated rings. The van der Waals surface area contributed by atoms with E-state index >= 15 is 0 Å². The van der Waals surface area contributed by atoms with Crippen molar-refractivity contribution in [1.29, 1.82) is 0 Å². The summed E-state index contributed by atoms with van der Waals surface area (Å²) in [7, 11) is 0. The lowest BCUT2D eigenvalue weighted by Crippen LogP contribution is -2.46. The first kappa shape index (κ1) is 23.7. The Bertz CT molecular complexity index is 948. The summed E-state index contributed by atoms with van der Waals surface area (Å²) >= 11 is 5.74. The highest BCUT2D eigenvalue weighted by Crippen LogP contribution is 2.18. The monoisotopic (exact) mass is 444 g/mol. The van der Waals surface area contributed by atoms with E-state index in [-0.39, 0.29) is 11.7 Å². The van der Waals surface area contributed by atoms with E-state index in [2.05, 4.69) is 53.9 Å². The summed E-state index contributed by atoms with van der Waals surface area (Å²) in [6.07, 6.45) is 2.40. The van der Waals surface area contributed by atoms with Crippen LogP contribution in [0.1, 0.15) is 43.4 Å². The molecule has 3 rings (SSSR count). The molecule has 1 unspecified atom stereocenters. The van der Waals surface area contributed by atoms with Crippen LogP contribution in [0.4, 0.5) is 0 Å². The van der Waals surface area contributed by atoms with Crippen LogP contribution in [0.2, 0.25) is 0 Å². The Balaban J connectivity index is 1.78. The topological polar surface area (TPSA) is 60.6 Å². The van der Waals surface area contributed by atoms with Crippen molar-refractivity contribution in [3.05, 3.63) is 45.2 Å². The van der Waals surface area contributed by atoms with Gasteiger partial charge in [-0.2, -0.15) is 0 Å². The third kappa shape index (κ3) is 6.28. The average Bonchev–Trinajstić information content (AvgIpc) is 3.27. The Hall–Kier alpha value is -1.96. The van der Waals surface area contributed by atoms with Gasteiger partial charge in [-0.15, -0.1) is 0 Å². The number of aromatic nitrogens is 1. The molecule has 170 valence electrons. The van der Waals surface area contributed by atoms with Crippen molar-refractivity contribution in [3.63, 3.8) is 0 Å². The molecule has 1 saturated heterocycles. The van der Waals surface area contributed by atoms with Gasteiger partial charge in [0.1, 0.15) is 0 Å². The van der Waals surface area contributed by atoms with Crippen LogP contribution in [-0.2, 0) is 11.3 Å². The predicted octanol–water partition coefficient (Wildman–Crippen LogP) is 3.34. The lowest BCUT2D eigenvalue weighted by atomic mass is 10.0. The Morgan fingerprint density at radius 1 is 1.19 bits per heavy atom. The first-order valence-electron chi connectivity index (χ1n) is 11.4. The van der Waals surface area contributed by atoms with E-state index in [1.807, 2.05) is 12.1 Å². The maximum absolute atomic E-state index is 12.8. The summed E-state index contributed by atoms with van der Waals surface area (Å²) in [5, 5.41) is 5.12. The third-order valence-electron chi connectivity index (χ3n) is 6.27. The van der Waals surface area contributed by atoms with Crippen molar-refractivity contribution in [2.24, 2.45) is 0 Å². The van der Waals surface area contributed by atoms with Crippen LogP contribution in [0.3, 0.4) is 0 Å². The molecule has 0 bridgehead atoms. The molecule has 31 heavy (non-hydrogen) atoms. The molecule has 1 atom stereocenters. The molecular formula is C24H36N4O2S. The molecule has 0 radical (unpaired) electrons. The second-order valence-electron chi connectivity index (χ2n) is 8.42. The van der Waals surface area contributed by atoms with Crippen molar-refractivity contribution in [2.75, 3.05) is 39.3 Å². The lowest BCUT2D eigenvalue weighted by molar-refractivity contribution is 0.113. The Morgan fingerprint density at radius 3 is 2.61 bits per heavy atom. The van der Waals surface area contributed by atoms with Crippen LogP contribution in [0, 0.1) is 13.8 Å². The highest BCUT2D eigenvalue weighted by molar-refractivity contribution is 7.80. The fourth-order valence-electron chi connectivity index (χ4n) is 4.02. The van der Waals surface area contributed by atoms with Gasteiger partial charge in [0.25, 0.3) is 5.56 Å². The zero-order chi connectivity index (χ0) is 22.4. The van der Waals surface area contributed by atoms with E-state index in [9.17, 15) is 4.79 Å². The smallest absolute Gasteiger partial charge is 0.253 e. The molecule has 6 nitrogen and oxygen atoms in total. The Labute approximate surface area is 191 Å². The van der Waals surface area contributed by atoms with Crippen LogP contribution in [0.5, 0.6) is 0 Å². The molecule has 1 aliphatic rings. The summed E-state index contributed by atoms with van der Waals surface area (Å²) in [6.45, 7) is 14.2. The molecule has 0 aliphatic carbocycles. The van der Waals surface area contributed by atoms with Crippen molar-refractivity contribution in [1.82, 2.24) is 20.1 Å². The van der Waals surface area contributed by atoms with Crippen LogP contribution in [-0.4, -0.2) is 65.3 Å². The normalized spacial score (nSPS) is 16.2. The number of thiocarbonyl (C=S) groups is 1. The number of nitrogens with one attached hydrogen (secondary N) is 2. The van der Waals surface area contributed by atoms with Crippen molar-refractivity contribution < 1.29 is 4.74 Å². The molecule has 0 saturated carbocycles. The number of aromatic amines is 1. The molecule has 2 heterocycles. The van der Waals surface area contributed by atoms with E-state index in [0.29, 0.717) is 18.2 Å². The van der Waals surface area contributed by atoms with Crippen molar-refractivity contribution >= 4 is 28.2 Å². The van der Waals surface area contributed by atoms with Gasteiger partial charge in [0.2, 0.25) is 0 Å². The average molecular weight is 445 g/mol. The number of hydrogen-bond donors (Lipinski definition) is 2. The molecule has 1 aliphatic heterocycles. The molecule has 2 N–H and O–H groups in total. The maximum Gasteiger partial charge on any atom is 0.253 e. The number of likely N-dealkylation sites (N-methyl/N-ethyl adjacent to an activating group) is 1. The van der Waals surface area contributed by atoms with E-state index in [1.165, 1.54) is 11.1 Å². The number of rotatable bonds is 9. The molecule has 0 spiro atoms. The van der Waals surface area contributed by atoms with E-state index in [0.717, 1.165) is 62.1 Å². The number of nitrogens with zero attached hydrogens (tertiary/aromatic N) is 2. The quantitative estimate of drug-likeness (QED) is 0.579. The largest absolute Gasteiger partial charge is 0.376 e. The molecule has 1 aromatic carbocycles. The number of hydrogen-bond acceptors (Lipinski definition) is 4. The fourth-order valence-corrected chi connectivity index (χ4v) is 4.26. The minimum atomic E-state index is -0.0504. The van der Waals surface area contributed by atoms with Crippen LogP contribution in [0.25, 0.3) is 10.9 Å². The summed E-state index contributed by atoms with van der Waals surface area (Å²) in [6, 6.07) is 6.19. The van der Waals surface area contributed by atoms with E-state index < -0.39 is 0 Å². The van der Waals surface area contributed by atoms with Gasteiger partial charge < -0.3 is 24.8 Å². The number of fused-ring (bicyclic) bond motifs is 1. The predicted molar refractivity (Wildman–Crippen MR) is 132 cm³/mol. The zero-order valence-electron chi connectivity index (χ0n) is 19.3. The Kier molecular flexibility index (Phi) is 8.46. The van der Waals surface area contributed by atoms with Gasteiger partial charge in [0.15, 0.2) is 5.11 Å². The Morgan fingerprint density at radius 2 is 1.94 bits per heavy atom. The molecular weight excluding hydrogens is 408 g/mol.